The quantitative estimate of drug-likeness (QED) is 0.754. The molecule has 1 fully saturated rings. The van der Waals surface area contributed by atoms with Crippen molar-refractivity contribution < 1.29 is 23.4 Å². The average molecular weight is 298 g/mol. The van der Waals surface area contributed by atoms with Crippen LogP contribution < -0.4 is 0 Å². The summed E-state index contributed by atoms with van der Waals surface area (Å²) < 4.78 is 25.8. The summed E-state index contributed by atoms with van der Waals surface area (Å²) in [5.41, 5.74) is 0.383. The monoisotopic (exact) mass is 298 g/mol. The number of aromatic nitrogens is 1. The second-order valence-corrected chi connectivity index (χ2v) is 6.37. The molecule has 0 spiro atoms. The molecule has 1 aromatic heterocycles. The van der Waals surface area contributed by atoms with E-state index in [9.17, 15) is 18.3 Å². The molecule has 20 heavy (non-hydrogen) atoms. The Balaban J connectivity index is 2.28. The largest absolute Gasteiger partial charge is 0.478 e. The second kappa shape index (κ2) is 5.70. The Hall–Kier alpha value is -1.77. The number of carbonyl (C=O) groups is 1. The lowest BCUT2D eigenvalue weighted by molar-refractivity contribution is -0.131. The third-order valence-electron chi connectivity index (χ3n) is 2.92. The molecule has 2 rings (SSSR count). The molecular formula is C12H14N2O5S. The number of pyridine rings is 1. The van der Waals surface area contributed by atoms with Crippen LogP contribution in [0.2, 0.25) is 0 Å². The first-order valence-electron chi connectivity index (χ1n) is 5.94. The summed E-state index contributed by atoms with van der Waals surface area (Å²) in [5.74, 6) is -1.12. The molecule has 0 saturated carbocycles. The molecule has 0 radical (unpaired) electrons. The van der Waals surface area contributed by atoms with E-state index in [-0.39, 0.29) is 18.0 Å². The van der Waals surface area contributed by atoms with Crippen molar-refractivity contribution in [1.29, 1.82) is 0 Å². The van der Waals surface area contributed by atoms with Gasteiger partial charge in [0.2, 0.25) is 10.0 Å². The second-order valence-electron chi connectivity index (χ2n) is 4.43. The minimum atomic E-state index is -3.70. The van der Waals surface area contributed by atoms with E-state index < -0.39 is 22.1 Å². The van der Waals surface area contributed by atoms with Gasteiger partial charge in [0.05, 0.1) is 6.10 Å². The smallest absolute Gasteiger partial charge is 0.328 e. The van der Waals surface area contributed by atoms with Crippen molar-refractivity contribution >= 4 is 22.1 Å². The van der Waals surface area contributed by atoms with Crippen molar-refractivity contribution in [2.45, 2.75) is 17.4 Å². The molecule has 0 amide bonds. The molecule has 2 heterocycles. The van der Waals surface area contributed by atoms with Crippen LogP contribution in [0.5, 0.6) is 0 Å². The van der Waals surface area contributed by atoms with Crippen LogP contribution >= 0.6 is 0 Å². The van der Waals surface area contributed by atoms with Crippen LogP contribution in [0.3, 0.4) is 0 Å². The van der Waals surface area contributed by atoms with Gasteiger partial charge in [-0.3, -0.25) is 4.98 Å². The van der Waals surface area contributed by atoms with Crippen LogP contribution in [0.15, 0.2) is 29.4 Å². The van der Waals surface area contributed by atoms with E-state index in [1.165, 1.54) is 28.8 Å². The van der Waals surface area contributed by atoms with Crippen molar-refractivity contribution in [3.05, 3.63) is 30.1 Å². The van der Waals surface area contributed by atoms with E-state index >= 15 is 0 Å². The van der Waals surface area contributed by atoms with Crippen molar-refractivity contribution in [3.8, 4) is 0 Å². The summed E-state index contributed by atoms with van der Waals surface area (Å²) >= 11 is 0. The van der Waals surface area contributed by atoms with E-state index in [0.29, 0.717) is 12.0 Å². The fourth-order valence-electron chi connectivity index (χ4n) is 1.91. The summed E-state index contributed by atoms with van der Waals surface area (Å²) in [6.07, 6.45) is 4.52. The number of aliphatic hydroxyl groups is 1. The third kappa shape index (κ3) is 3.21. The van der Waals surface area contributed by atoms with E-state index in [1.54, 1.807) is 0 Å². The maximum atomic E-state index is 12.3. The SMILES string of the molecule is O=C(O)C=Cc1cncc(S(=O)(=O)N2CCC(O)C2)c1. The van der Waals surface area contributed by atoms with Crippen molar-refractivity contribution in [2.24, 2.45) is 0 Å². The number of β-amino-alcohol motifs (C(OH)–C–C–N with tert-alkyl or cyclic N) is 1. The van der Waals surface area contributed by atoms with Crippen LogP contribution in [0.1, 0.15) is 12.0 Å². The number of hydrogen-bond donors (Lipinski definition) is 2. The number of sulfonamides is 1. The van der Waals surface area contributed by atoms with Crippen LogP contribution in [0.4, 0.5) is 0 Å². The first-order valence-corrected chi connectivity index (χ1v) is 7.38. The van der Waals surface area contributed by atoms with Gasteiger partial charge in [0.15, 0.2) is 0 Å². The molecule has 1 saturated heterocycles. The Morgan fingerprint density at radius 1 is 1.45 bits per heavy atom. The molecule has 8 heteroatoms. The summed E-state index contributed by atoms with van der Waals surface area (Å²) in [7, 11) is -3.70. The number of hydrogen-bond acceptors (Lipinski definition) is 5. The molecule has 0 bridgehead atoms. The van der Waals surface area contributed by atoms with E-state index in [4.69, 9.17) is 5.11 Å². The van der Waals surface area contributed by atoms with Crippen molar-refractivity contribution in [1.82, 2.24) is 9.29 Å². The normalized spacial score (nSPS) is 20.6. The van der Waals surface area contributed by atoms with Gasteiger partial charge in [-0.25, -0.2) is 13.2 Å². The fourth-order valence-corrected chi connectivity index (χ4v) is 3.40. The van der Waals surface area contributed by atoms with Gasteiger partial charge in [0.25, 0.3) is 0 Å². The highest BCUT2D eigenvalue weighted by Crippen LogP contribution is 2.21. The molecule has 1 unspecified atom stereocenters. The van der Waals surface area contributed by atoms with Gasteiger partial charge < -0.3 is 10.2 Å². The van der Waals surface area contributed by atoms with Crippen molar-refractivity contribution in [2.75, 3.05) is 13.1 Å². The van der Waals surface area contributed by atoms with Crippen LogP contribution in [0.25, 0.3) is 6.08 Å². The summed E-state index contributed by atoms with van der Waals surface area (Å²) in [5, 5.41) is 18.0. The lowest BCUT2D eigenvalue weighted by atomic mass is 10.2. The van der Waals surface area contributed by atoms with E-state index in [1.807, 2.05) is 0 Å². The Labute approximate surface area is 116 Å². The standard InChI is InChI=1S/C12H14N2O5S/c15-10-3-4-14(8-10)20(18,19)11-5-9(6-13-7-11)1-2-12(16)17/h1-2,5-7,10,15H,3-4,8H2,(H,16,17). The summed E-state index contributed by atoms with van der Waals surface area (Å²) in [4.78, 5) is 14.2. The average Bonchev–Trinajstić information content (AvgIpc) is 2.84. The first kappa shape index (κ1) is 14.6. The highest BCUT2D eigenvalue weighted by atomic mass is 32.2. The number of nitrogens with zero attached hydrogens (tertiary/aromatic N) is 2. The predicted molar refractivity (Wildman–Crippen MR) is 70.3 cm³/mol. The zero-order valence-corrected chi connectivity index (χ0v) is 11.3. The molecule has 1 aromatic rings. The molecule has 108 valence electrons. The zero-order chi connectivity index (χ0) is 14.8. The number of rotatable bonds is 4. The van der Waals surface area contributed by atoms with Gasteiger partial charge >= 0.3 is 5.97 Å². The third-order valence-corrected chi connectivity index (χ3v) is 4.75. The fraction of sp³-hybridized carbons (Fsp3) is 0.333. The van der Waals surface area contributed by atoms with Crippen molar-refractivity contribution in [3.63, 3.8) is 0 Å². The Morgan fingerprint density at radius 2 is 2.20 bits per heavy atom. The highest BCUT2D eigenvalue weighted by molar-refractivity contribution is 7.89. The number of aliphatic carboxylic acids is 1. The first-order chi connectivity index (χ1) is 9.39. The minimum Gasteiger partial charge on any atom is -0.478 e. The van der Waals surface area contributed by atoms with Crippen LogP contribution in [0, 0.1) is 0 Å². The molecule has 7 nitrogen and oxygen atoms in total. The minimum absolute atomic E-state index is 0.0147. The number of aliphatic hydroxyl groups excluding tert-OH is 1. The molecule has 1 aliphatic heterocycles. The van der Waals surface area contributed by atoms with E-state index in [0.717, 1.165) is 6.08 Å². The van der Waals surface area contributed by atoms with E-state index in [2.05, 4.69) is 4.98 Å². The van der Waals surface area contributed by atoms with Crippen LogP contribution in [-0.2, 0) is 14.8 Å². The Morgan fingerprint density at radius 3 is 2.80 bits per heavy atom. The van der Waals surface area contributed by atoms with Gasteiger partial charge in [0.1, 0.15) is 4.90 Å². The van der Waals surface area contributed by atoms with Gasteiger partial charge in [-0.1, -0.05) is 0 Å². The maximum absolute atomic E-state index is 12.3. The molecule has 1 aliphatic rings. The molecular weight excluding hydrogens is 284 g/mol. The maximum Gasteiger partial charge on any atom is 0.328 e. The Kier molecular flexibility index (Phi) is 4.17. The molecule has 0 aliphatic carbocycles. The summed E-state index contributed by atoms with van der Waals surface area (Å²) in [6, 6.07) is 1.35. The zero-order valence-electron chi connectivity index (χ0n) is 10.5. The lowest BCUT2D eigenvalue weighted by Crippen LogP contribution is -2.29. The molecule has 0 aromatic carbocycles. The van der Waals surface area contributed by atoms with Crippen LogP contribution in [-0.4, -0.2) is 53.1 Å². The number of carboxylic acids is 1. The van der Waals surface area contributed by atoms with Gasteiger partial charge in [-0.15, -0.1) is 0 Å². The molecule has 1 atom stereocenters. The molecule has 2 N–H and O–H groups in total. The Bertz CT molecular complexity index is 641. The summed E-state index contributed by atoms with van der Waals surface area (Å²) in [6.45, 7) is 0.330. The number of carboxylic acid groups (broad SMARTS) is 1. The predicted octanol–water partition coefficient (Wildman–Crippen LogP) is -0.0653. The van der Waals surface area contributed by atoms with Gasteiger partial charge in [-0.2, -0.15) is 4.31 Å². The van der Waals surface area contributed by atoms with Gasteiger partial charge in [-0.05, 0) is 24.1 Å². The topological polar surface area (TPSA) is 108 Å². The van der Waals surface area contributed by atoms with Gasteiger partial charge in [0, 0.05) is 31.6 Å². The lowest BCUT2D eigenvalue weighted by Gasteiger charge is -2.15. The highest BCUT2D eigenvalue weighted by Gasteiger charge is 2.31.